The first kappa shape index (κ1) is 22.3. The lowest BCUT2D eigenvalue weighted by Gasteiger charge is -2.28. The number of aromatic nitrogens is 1. The van der Waals surface area contributed by atoms with Crippen molar-refractivity contribution < 1.29 is 18.8 Å². The van der Waals surface area contributed by atoms with Crippen LogP contribution >= 0.6 is 12.2 Å². The van der Waals surface area contributed by atoms with Crippen LogP contribution in [0, 0.1) is 10.1 Å². The summed E-state index contributed by atoms with van der Waals surface area (Å²) in [6.45, 7) is 1.41. The Morgan fingerprint density at radius 1 is 1.29 bits per heavy atom. The van der Waals surface area contributed by atoms with E-state index < -0.39 is 4.92 Å². The van der Waals surface area contributed by atoms with Crippen molar-refractivity contribution in [3.63, 3.8) is 0 Å². The highest BCUT2D eigenvalue weighted by Crippen LogP contribution is 2.42. The second-order valence-corrected chi connectivity index (χ2v) is 8.64. The number of pyridine rings is 1. The number of methoxy groups -OCH3 is 1. The van der Waals surface area contributed by atoms with Gasteiger partial charge in [-0.3, -0.25) is 15.1 Å². The fraction of sp³-hybridized carbons (Fsp3) is 0.333. The molecule has 4 heterocycles. The first-order valence-electron chi connectivity index (χ1n) is 11.1. The minimum atomic E-state index is -0.453. The Hall–Kier alpha value is -3.50. The summed E-state index contributed by atoms with van der Waals surface area (Å²) >= 11 is 5.71. The maximum absolute atomic E-state index is 11.2. The maximum Gasteiger partial charge on any atom is 0.273 e. The molecule has 0 bridgehead atoms. The largest absolute Gasteiger partial charge is 0.496 e. The lowest BCUT2D eigenvalue weighted by molar-refractivity contribution is -0.384. The zero-order valence-corrected chi connectivity index (χ0v) is 19.4. The molecule has 2 aliphatic rings. The minimum absolute atomic E-state index is 0.0457. The van der Waals surface area contributed by atoms with Gasteiger partial charge < -0.3 is 24.1 Å². The Kier molecular flexibility index (Phi) is 6.16. The van der Waals surface area contributed by atoms with Crippen molar-refractivity contribution in [1.29, 1.82) is 0 Å². The van der Waals surface area contributed by atoms with Gasteiger partial charge in [-0.2, -0.15) is 0 Å². The third-order valence-electron chi connectivity index (χ3n) is 6.20. The first-order valence-corrected chi connectivity index (χ1v) is 11.5. The maximum atomic E-state index is 11.2. The van der Waals surface area contributed by atoms with Gasteiger partial charge in [0.15, 0.2) is 5.11 Å². The van der Waals surface area contributed by atoms with Crippen molar-refractivity contribution in [3.05, 3.63) is 76.3 Å². The lowest BCUT2D eigenvalue weighted by atomic mass is 10.0. The summed E-state index contributed by atoms with van der Waals surface area (Å²) < 4.78 is 17.6. The van der Waals surface area contributed by atoms with Gasteiger partial charge in [0.25, 0.3) is 5.69 Å². The Bertz CT molecular complexity index is 1200. The molecule has 2 saturated heterocycles. The number of ether oxygens (including phenoxy) is 2. The summed E-state index contributed by atoms with van der Waals surface area (Å²) in [4.78, 5) is 17.4. The number of hydrogen-bond acceptors (Lipinski definition) is 7. The molecule has 2 aromatic heterocycles. The van der Waals surface area contributed by atoms with Crippen LogP contribution < -0.4 is 10.1 Å². The van der Waals surface area contributed by atoms with Crippen LogP contribution in [0.4, 0.5) is 5.69 Å². The van der Waals surface area contributed by atoms with Crippen molar-refractivity contribution in [2.45, 2.75) is 31.0 Å². The standard InChI is InChI=1S/C24H24N4O5S/c1-31-21-13-15(28(29)30)7-8-17(21)19-9-10-20(33-19)23-22(18-6-2-3-11-25-18)26-24(34)27(23)14-16-5-4-12-32-16/h2-3,6-11,13,16,22-23H,4-5,12,14H2,1H3,(H,26,34)/t16-,22+,23-/m0/s1. The molecular weight excluding hydrogens is 456 g/mol. The molecule has 2 fully saturated rings. The fourth-order valence-corrected chi connectivity index (χ4v) is 4.89. The van der Waals surface area contributed by atoms with Gasteiger partial charge in [-0.05, 0) is 55.4 Å². The molecule has 9 nitrogen and oxygen atoms in total. The van der Waals surface area contributed by atoms with Gasteiger partial charge in [0, 0.05) is 25.4 Å². The predicted octanol–water partition coefficient (Wildman–Crippen LogP) is 4.41. The first-order chi connectivity index (χ1) is 16.5. The summed E-state index contributed by atoms with van der Waals surface area (Å²) in [5.74, 6) is 1.63. The van der Waals surface area contributed by atoms with Gasteiger partial charge >= 0.3 is 0 Å². The molecule has 0 saturated carbocycles. The van der Waals surface area contributed by atoms with E-state index in [1.165, 1.54) is 19.2 Å². The van der Waals surface area contributed by atoms with Crippen LogP contribution in [0.15, 0.2) is 59.1 Å². The molecule has 3 aromatic rings. The highest BCUT2D eigenvalue weighted by molar-refractivity contribution is 7.80. The Balaban J connectivity index is 1.51. The van der Waals surface area contributed by atoms with Gasteiger partial charge in [0.2, 0.25) is 0 Å². The molecule has 34 heavy (non-hydrogen) atoms. The lowest BCUT2D eigenvalue weighted by Crippen LogP contribution is -2.36. The van der Waals surface area contributed by atoms with Crippen molar-refractivity contribution >= 4 is 23.0 Å². The molecular formula is C24H24N4O5S. The third kappa shape index (κ3) is 4.22. The number of hydrogen-bond donors (Lipinski definition) is 1. The summed E-state index contributed by atoms with van der Waals surface area (Å²) in [6, 6.07) is 13.6. The number of furan rings is 1. The predicted molar refractivity (Wildman–Crippen MR) is 128 cm³/mol. The molecule has 10 heteroatoms. The van der Waals surface area contributed by atoms with Crippen molar-refractivity contribution in [1.82, 2.24) is 15.2 Å². The quantitative estimate of drug-likeness (QED) is 0.299. The molecule has 176 valence electrons. The molecule has 1 aromatic carbocycles. The number of thiocarbonyl (C=S) groups is 1. The van der Waals surface area contributed by atoms with Crippen molar-refractivity contribution in [2.24, 2.45) is 0 Å². The van der Waals surface area contributed by atoms with E-state index in [2.05, 4.69) is 15.2 Å². The molecule has 1 N–H and O–H groups in total. The van der Waals surface area contributed by atoms with Gasteiger partial charge in [-0.25, -0.2) is 0 Å². The van der Waals surface area contributed by atoms with E-state index in [4.69, 9.17) is 26.1 Å². The topological polar surface area (TPSA) is 103 Å². The molecule has 5 rings (SSSR count). The molecule has 0 radical (unpaired) electrons. The van der Waals surface area contributed by atoms with E-state index in [1.807, 2.05) is 30.3 Å². The van der Waals surface area contributed by atoms with Crippen LogP contribution in [-0.4, -0.2) is 46.3 Å². The molecule has 3 atom stereocenters. The van der Waals surface area contributed by atoms with Crippen molar-refractivity contribution in [2.75, 3.05) is 20.3 Å². The van der Waals surface area contributed by atoms with Crippen LogP contribution in [0.5, 0.6) is 5.75 Å². The second kappa shape index (κ2) is 9.40. The van der Waals surface area contributed by atoms with Gasteiger partial charge in [-0.15, -0.1) is 0 Å². The van der Waals surface area contributed by atoms with Crippen LogP contribution in [0.25, 0.3) is 11.3 Å². The zero-order chi connectivity index (χ0) is 23.7. The number of benzene rings is 1. The Labute approximate surface area is 201 Å². The normalized spacial score (nSPS) is 22.1. The Morgan fingerprint density at radius 3 is 2.88 bits per heavy atom. The van der Waals surface area contributed by atoms with E-state index in [9.17, 15) is 10.1 Å². The minimum Gasteiger partial charge on any atom is -0.496 e. The van der Waals surface area contributed by atoms with E-state index in [-0.39, 0.29) is 23.9 Å². The van der Waals surface area contributed by atoms with Crippen molar-refractivity contribution in [3.8, 4) is 17.1 Å². The number of nitro groups is 1. The summed E-state index contributed by atoms with van der Waals surface area (Å²) in [5.41, 5.74) is 1.44. The highest BCUT2D eigenvalue weighted by atomic mass is 32.1. The van der Waals surface area contributed by atoms with Gasteiger partial charge in [0.05, 0.1) is 41.5 Å². The van der Waals surface area contributed by atoms with Crippen LogP contribution in [0.1, 0.15) is 36.4 Å². The smallest absolute Gasteiger partial charge is 0.273 e. The fourth-order valence-electron chi connectivity index (χ4n) is 4.57. The van der Waals surface area contributed by atoms with Crippen LogP contribution in [0.2, 0.25) is 0 Å². The van der Waals surface area contributed by atoms with Crippen LogP contribution in [-0.2, 0) is 4.74 Å². The zero-order valence-electron chi connectivity index (χ0n) is 18.5. The molecule has 0 unspecified atom stereocenters. The van der Waals surface area contributed by atoms with E-state index >= 15 is 0 Å². The van der Waals surface area contributed by atoms with E-state index in [1.54, 1.807) is 12.3 Å². The SMILES string of the molecule is COc1cc([N+](=O)[O-])ccc1-c1ccc([C@H]2[C@@H](c3ccccn3)NC(=S)N2C[C@@H]2CCCO2)o1. The van der Waals surface area contributed by atoms with Gasteiger partial charge in [-0.1, -0.05) is 6.07 Å². The van der Waals surface area contributed by atoms with E-state index in [0.717, 1.165) is 25.1 Å². The van der Waals surface area contributed by atoms with E-state index in [0.29, 0.717) is 34.5 Å². The number of nitro benzene ring substituents is 1. The number of rotatable bonds is 7. The summed E-state index contributed by atoms with van der Waals surface area (Å²) in [5, 5.41) is 15.2. The molecule has 0 amide bonds. The highest BCUT2D eigenvalue weighted by Gasteiger charge is 2.43. The molecule has 0 spiro atoms. The Morgan fingerprint density at radius 2 is 2.18 bits per heavy atom. The number of nitrogens with one attached hydrogen (secondary N) is 1. The summed E-state index contributed by atoms with van der Waals surface area (Å²) in [6.07, 6.45) is 3.89. The van der Waals surface area contributed by atoms with Gasteiger partial charge in [0.1, 0.15) is 23.3 Å². The monoisotopic (exact) mass is 480 g/mol. The second-order valence-electron chi connectivity index (χ2n) is 8.26. The number of non-ortho nitro benzene ring substituents is 1. The average Bonchev–Trinajstić information content (AvgIpc) is 3.61. The summed E-state index contributed by atoms with van der Waals surface area (Å²) in [7, 11) is 1.48. The molecule has 2 aliphatic heterocycles. The average molecular weight is 481 g/mol. The number of nitrogens with zero attached hydrogens (tertiary/aromatic N) is 3. The molecule has 0 aliphatic carbocycles. The third-order valence-corrected chi connectivity index (χ3v) is 6.55. The van der Waals surface area contributed by atoms with Crippen LogP contribution in [0.3, 0.4) is 0 Å².